The van der Waals surface area contributed by atoms with Crippen molar-refractivity contribution in [3.63, 3.8) is 0 Å². The van der Waals surface area contributed by atoms with Crippen LogP contribution in [0.2, 0.25) is 0 Å². The molecule has 0 saturated heterocycles. The summed E-state index contributed by atoms with van der Waals surface area (Å²) in [6, 6.07) is 57.3. The smallest absolute Gasteiger partial charge is 0.335 e. The summed E-state index contributed by atoms with van der Waals surface area (Å²) >= 11 is 3.44. The van der Waals surface area contributed by atoms with Gasteiger partial charge in [0, 0.05) is 11.9 Å². The first-order valence-corrected chi connectivity index (χ1v) is 19.9. The Hall–Kier alpha value is -5.81. The fourth-order valence-corrected chi connectivity index (χ4v) is 5.67. The van der Waals surface area contributed by atoms with Crippen molar-refractivity contribution in [2.24, 2.45) is 5.73 Å². The third kappa shape index (κ3) is 15.9. The minimum absolute atomic E-state index is 0.332. The molecule has 290 valence electrons. The van der Waals surface area contributed by atoms with E-state index >= 15 is 0 Å². The molecular formula is C52H58BrNO2. The van der Waals surface area contributed by atoms with Gasteiger partial charge in [-0.1, -0.05) is 201 Å². The molecule has 0 saturated carbocycles. The normalized spacial score (nSPS) is 9.20. The minimum Gasteiger partial charge on any atom is -0.478 e. The number of carbonyl (C=O) groups is 1. The van der Waals surface area contributed by atoms with Gasteiger partial charge in [-0.25, -0.2) is 4.79 Å². The third-order valence-corrected chi connectivity index (χ3v) is 8.57. The average Bonchev–Trinajstić information content (AvgIpc) is 3.29. The largest absolute Gasteiger partial charge is 0.478 e. The first kappa shape index (κ1) is 48.2. The van der Waals surface area contributed by atoms with Crippen molar-refractivity contribution in [1.29, 1.82) is 0 Å². The van der Waals surface area contributed by atoms with Crippen LogP contribution in [0.4, 0.5) is 0 Å². The molecule has 0 aliphatic carbocycles. The molecule has 0 spiro atoms. The summed E-state index contributed by atoms with van der Waals surface area (Å²) < 4.78 is 0. The predicted molar refractivity (Wildman–Crippen MR) is 253 cm³/mol. The van der Waals surface area contributed by atoms with Gasteiger partial charge in [-0.3, -0.25) is 0 Å². The van der Waals surface area contributed by atoms with Crippen molar-refractivity contribution < 1.29 is 9.90 Å². The molecule has 8 aromatic rings. The number of nitrogens with two attached hydrogens (primary N) is 1. The molecule has 0 amide bonds. The van der Waals surface area contributed by atoms with Crippen LogP contribution in [0.25, 0.3) is 43.1 Å². The van der Waals surface area contributed by atoms with Crippen LogP contribution in [-0.4, -0.2) is 11.1 Å². The van der Waals surface area contributed by atoms with Crippen molar-refractivity contribution >= 4 is 65.0 Å². The van der Waals surface area contributed by atoms with Crippen LogP contribution in [0.1, 0.15) is 54.7 Å². The summed E-state index contributed by atoms with van der Waals surface area (Å²) in [4.78, 5) is 10.6. The van der Waals surface area contributed by atoms with Crippen LogP contribution in [-0.2, 0) is 11.9 Å². The zero-order valence-electron chi connectivity index (χ0n) is 33.7. The van der Waals surface area contributed by atoms with Crippen molar-refractivity contribution in [2.75, 3.05) is 0 Å². The van der Waals surface area contributed by atoms with E-state index in [2.05, 4.69) is 164 Å². The van der Waals surface area contributed by atoms with E-state index in [0.29, 0.717) is 12.1 Å². The number of carboxylic acid groups (broad SMARTS) is 1. The fraction of sp³-hybridized carbons (Fsp3) is 0.135. The molecule has 0 heterocycles. The van der Waals surface area contributed by atoms with E-state index in [-0.39, 0.29) is 0 Å². The summed E-state index contributed by atoms with van der Waals surface area (Å²) in [6.45, 7) is 22.7. The Morgan fingerprint density at radius 3 is 1.20 bits per heavy atom. The zero-order valence-corrected chi connectivity index (χ0v) is 35.3. The Bertz CT molecular complexity index is 2230. The van der Waals surface area contributed by atoms with E-state index in [1.807, 2.05) is 70.2 Å². The van der Waals surface area contributed by atoms with E-state index in [4.69, 9.17) is 10.8 Å². The van der Waals surface area contributed by atoms with E-state index < -0.39 is 5.97 Å². The van der Waals surface area contributed by atoms with Crippen LogP contribution < -0.4 is 5.73 Å². The van der Waals surface area contributed by atoms with Gasteiger partial charge >= 0.3 is 5.97 Å². The molecule has 56 heavy (non-hydrogen) atoms. The third-order valence-electron chi connectivity index (χ3n) is 7.92. The van der Waals surface area contributed by atoms with E-state index in [1.54, 1.807) is 12.1 Å². The number of carboxylic acids is 1. The molecule has 3 N–H and O–H groups in total. The summed E-state index contributed by atoms with van der Waals surface area (Å²) in [6.07, 6.45) is 0. The van der Waals surface area contributed by atoms with Crippen LogP contribution in [0.3, 0.4) is 0 Å². The first-order chi connectivity index (χ1) is 27.4. The number of halogens is 1. The molecule has 0 bridgehead atoms. The highest BCUT2D eigenvalue weighted by atomic mass is 79.9. The summed E-state index contributed by atoms with van der Waals surface area (Å²) in [7, 11) is 0. The lowest BCUT2D eigenvalue weighted by atomic mass is 10.1. The molecule has 8 rings (SSSR count). The topological polar surface area (TPSA) is 63.3 Å². The first-order valence-electron chi connectivity index (χ1n) is 18.8. The Labute approximate surface area is 344 Å². The number of alkyl halides is 1. The van der Waals surface area contributed by atoms with Crippen molar-refractivity contribution in [1.82, 2.24) is 0 Å². The lowest BCUT2D eigenvalue weighted by molar-refractivity contribution is 0.0697. The highest BCUT2D eigenvalue weighted by Gasteiger charge is 2.02. The second-order valence-corrected chi connectivity index (χ2v) is 12.0. The number of rotatable bonds is 3. The molecule has 0 aliphatic heterocycles. The molecule has 0 aromatic heterocycles. The SMILES string of the molecule is BrCc1ccc2ccccc2c1.C=C.C=C.CC.CC.Cc1ccc2ccccc2c1.NCc1ccc2ccccc2c1.O=C(O)c1ccc2ccccc2c1. The lowest BCUT2D eigenvalue weighted by Crippen LogP contribution is -1.95. The maximum atomic E-state index is 10.6. The van der Waals surface area contributed by atoms with Gasteiger partial charge in [0.25, 0.3) is 0 Å². The molecule has 0 radical (unpaired) electrons. The van der Waals surface area contributed by atoms with E-state index in [1.165, 1.54) is 49.0 Å². The van der Waals surface area contributed by atoms with Gasteiger partial charge in [0.05, 0.1) is 5.56 Å². The number of hydrogen-bond donors (Lipinski definition) is 2. The fourth-order valence-electron chi connectivity index (χ4n) is 5.32. The monoisotopic (exact) mass is 807 g/mol. The molecule has 0 aliphatic rings. The van der Waals surface area contributed by atoms with E-state index in [0.717, 1.165) is 16.1 Å². The highest BCUT2D eigenvalue weighted by molar-refractivity contribution is 9.08. The van der Waals surface area contributed by atoms with Crippen molar-refractivity contribution in [3.05, 3.63) is 218 Å². The Morgan fingerprint density at radius 1 is 0.482 bits per heavy atom. The summed E-state index contributed by atoms with van der Waals surface area (Å²) in [5.74, 6) is -0.884. The molecule has 0 fully saturated rings. The van der Waals surface area contributed by atoms with E-state index in [9.17, 15) is 4.79 Å². The number of benzene rings is 8. The van der Waals surface area contributed by atoms with Gasteiger partial charge in [0.2, 0.25) is 0 Å². The zero-order chi connectivity index (χ0) is 41.7. The number of aromatic carboxylic acids is 1. The Morgan fingerprint density at radius 2 is 0.804 bits per heavy atom. The van der Waals surface area contributed by atoms with Gasteiger partial charge in [0.15, 0.2) is 0 Å². The Balaban J connectivity index is 0.000000352. The standard InChI is InChI=1S/C11H9Br.C11H11N.C11H8O2.C11H10.2C2H6.2C2H4/c2*12-8-9-5-6-10-3-1-2-4-11(10)7-9;12-11(13)10-6-5-8-3-1-2-4-9(8)7-10;1-9-6-7-10-4-2-3-5-11(10)8-9;4*1-2/h1-7H,8H2;1-7H,8,12H2;1-7H,(H,12,13);2-8H,1H3;2*1-2H3;2*1-2H2. The quantitative estimate of drug-likeness (QED) is 0.138. The average molecular weight is 809 g/mol. The van der Waals surface area contributed by atoms with Crippen molar-refractivity contribution in [3.8, 4) is 0 Å². The van der Waals surface area contributed by atoms with Crippen LogP contribution in [0, 0.1) is 6.92 Å². The predicted octanol–water partition coefficient (Wildman–Crippen LogP) is 15.4. The minimum atomic E-state index is -0.884. The molecular weight excluding hydrogens is 750 g/mol. The number of fused-ring (bicyclic) bond motifs is 4. The Kier molecular flexibility index (Phi) is 24.6. The van der Waals surface area contributed by atoms with Crippen molar-refractivity contribution in [2.45, 2.75) is 46.5 Å². The lowest BCUT2D eigenvalue weighted by Gasteiger charge is -1.99. The van der Waals surface area contributed by atoms with Crippen LogP contribution in [0.15, 0.2) is 196 Å². The maximum Gasteiger partial charge on any atom is 0.335 e. The van der Waals surface area contributed by atoms with Gasteiger partial charge in [-0.05, 0) is 79.3 Å². The highest BCUT2D eigenvalue weighted by Crippen LogP contribution is 2.18. The van der Waals surface area contributed by atoms with Gasteiger partial charge in [-0.2, -0.15) is 0 Å². The van der Waals surface area contributed by atoms with Gasteiger partial charge in [-0.15, -0.1) is 26.3 Å². The summed E-state index contributed by atoms with van der Waals surface area (Å²) in [5, 5.41) is 19.5. The number of hydrogen-bond acceptors (Lipinski definition) is 2. The second-order valence-electron chi connectivity index (χ2n) is 11.4. The van der Waals surface area contributed by atoms with Crippen LogP contribution in [0.5, 0.6) is 0 Å². The van der Waals surface area contributed by atoms with Crippen LogP contribution >= 0.6 is 15.9 Å². The number of aryl methyl sites for hydroxylation is 1. The molecule has 0 atom stereocenters. The second kappa shape index (κ2) is 28.6. The molecule has 4 heteroatoms. The van der Waals surface area contributed by atoms with Gasteiger partial charge in [0.1, 0.15) is 0 Å². The summed E-state index contributed by atoms with van der Waals surface area (Å²) in [5.41, 5.74) is 9.71. The molecule has 3 nitrogen and oxygen atoms in total. The molecule has 0 unspecified atom stereocenters. The van der Waals surface area contributed by atoms with Gasteiger partial charge < -0.3 is 10.8 Å². The maximum absolute atomic E-state index is 10.6. The molecule has 8 aromatic carbocycles.